The van der Waals surface area contributed by atoms with Gasteiger partial charge in [-0.05, 0) is 43.6 Å². The molecule has 1 aliphatic heterocycles. The number of nitrogens with zero attached hydrogens (tertiary/aromatic N) is 2. The molecule has 1 heterocycles. The van der Waals surface area contributed by atoms with Gasteiger partial charge in [-0.3, -0.25) is 9.59 Å². The van der Waals surface area contributed by atoms with Crippen LogP contribution in [0.5, 0.6) is 0 Å². The number of allylic oxidation sites excluding steroid dienone is 1. The van der Waals surface area contributed by atoms with Gasteiger partial charge in [0.25, 0.3) is 0 Å². The van der Waals surface area contributed by atoms with Crippen molar-refractivity contribution in [2.24, 2.45) is 11.8 Å². The van der Waals surface area contributed by atoms with E-state index in [9.17, 15) is 9.59 Å². The summed E-state index contributed by atoms with van der Waals surface area (Å²) in [6.07, 6.45) is 12.0. The lowest BCUT2D eigenvalue weighted by molar-refractivity contribution is -0.127. The summed E-state index contributed by atoms with van der Waals surface area (Å²) in [6, 6.07) is 1.85. The first kappa shape index (κ1) is 17.5. The van der Waals surface area contributed by atoms with Crippen LogP contribution in [0.15, 0.2) is 12.2 Å². The van der Waals surface area contributed by atoms with Crippen LogP contribution in [-0.4, -0.2) is 36.3 Å². The summed E-state index contributed by atoms with van der Waals surface area (Å²) in [5.41, 5.74) is 0. The number of amides is 2. The smallest absolute Gasteiger partial charge is 0.246 e. The average molecular weight is 317 g/mol. The summed E-state index contributed by atoms with van der Waals surface area (Å²) in [7, 11) is 0. The predicted molar refractivity (Wildman–Crippen MR) is 88.3 cm³/mol. The van der Waals surface area contributed by atoms with Crippen molar-refractivity contribution in [1.29, 1.82) is 5.26 Å². The first-order chi connectivity index (χ1) is 11.2. The minimum Gasteiger partial charge on any atom is -0.355 e. The number of nitriles is 1. The second-order valence-corrected chi connectivity index (χ2v) is 6.66. The first-order valence-electron chi connectivity index (χ1n) is 8.80. The summed E-state index contributed by atoms with van der Waals surface area (Å²) >= 11 is 0. The fourth-order valence-electron chi connectivity index (χ4n) is 3.40. The number of carbonyl (C=O) groups is 2. The lowest BCUT2D eigenvalue weighted by atomic mass is 9.89. The summed E-state index contributed by atoms with van der Waals surface area (Å²) in [5, 5.41) is 11.2. The molecule has 0 atom stereocenters. The number of rotatable bonds is 5. The van der Waals surface area contributed by atoms with Gasteiger partial charge in [0.1, 0.15) is 6.42 Å². The Morgan fingerprint density at radius 1 is 1.13 bits per heavy atom. The molecule has 1 N–H and O–H groups in total. The maximum absolute atomic E-state index is 12.2. The van der Waals surface area contributed by atoms with E-state index in [-0.39, 0.29) is 18.2 Å². The third kappa shape index (κ3) is 6.05. The first-order valence-corrected chi connectivity index (χ1v) is 8.80. The van der Waals surface area contributed by atoms with Crippen LogP contribution in [0.3, 0.4) is 0 Å². The summed E-state index contributed by atoms with van der Waals surface area (Å²) in [6.45, 7) is 2.12. The Hall–Kier alpha value is -1.83. The fourth-order valence-corrected chi connectivity index (χ4v) is 3.40. The zero-order valence-corrected chi connectivity index (χ0v) is 13.8. The Morgan fingerprint density at radius 3 is 2.48 bits per heavy atom. The van der Waals surface area contributed by atoms with Gasteiger partial charge in [-0.1, -0.05) is 25.3 Å². The molecule has 1 aliphatic carbocycles. The molecule has 0 aromatic carbocycles. The summed E-state index contributed by atoms with van der Waals surface area (Å²) in [5.74, 6) is 0.911. The lowest BCUT2D eigenvalue weighted by Gasteiger charge is -2.31. The third-order valence-electron chi connectivity index (χ3n) is 4.91. The van der Waals surface area contributed by atoms with E-state index in [1.54, 1.807) is 6.08 Å². The van der Waals surface area contributed by atoms with Gasteiger partial charge in [-0.2, -0.15) is 5.26 Å². The zero-order chi connectivity index (χ0) is 16.5. The molecule has 2 rings (SSSR count). The van der Waals surface area contributed by atoms with Gasteiger partial charge in [-0.25, -0.2) is 0 Å². The van der Waals surface area contributed by atoms with E-state index < -0.39 is 0 Å². The molecule has 1 saturated carbocycles. The van der Waals surface area contributed by atoms with Crippen LogP contribution in [0.2, 0.25) is 0 Å². The highest BCUT2D eigenvalue weighted by molar-refractivity contribution is 5.87. The van der Waals surface area contributed by atoms with Crippen LogP contribution in [0.1, 0.15) is 51.4 Å². The average Bonchev–Trinajstić information content (AvgIpc) is 2.59. The Labute approximate surface area is 138 Å². The molecule has 0 radical (unpaired) electrons. The standard InChI is InChI=1S/C18H27N3O2/c19-11-8-17(22)20-14-16-9-12-21(13-10-16)18(23)7-6-15-4-2-1-3-5-15/h6-7,15-16H,1-5,8-10,12-14H2,(H,20,22)/b7-6+. The van der Waals surface area contributed by atoms with Gasteiger partial charge < -0.3 is 10.2 Å². The van der Waals surface area contributed by atoms with Crippen molar-refractivity contribution in [3.05, 3.63) is 12.2 Å². The van der Waals surface area contributed by atoms with Crippen molar-refractivity contribution < 1.29 is 9.59 Å². The number of likely N-dealkylation sites (tertiary alicyclic amines) is 1. The van der Waals surface area contributed by atoms with Gasteiger partial charge >= 0.3 is 0 Å². The topological polar surface area (TPSA) is 73.2 Å². The van der Waals surface area contributed by atoms with E-state index in [4.69, 9.17) is 5.26 Å². The second-order valence-electron chi connectivity index (χ2n) is 6.66. The van der Waals surface area contributed by atoms with E-state index >= 15 is 0 Å². The van der Waals surface area contributed by atoms with Crippen LogP contribution in [0.4, 0.5) is 0 Å². The van der Waals surface area contributed by atoms with E-state index in [0.29, 0.717) is 18.4 Å². The van der Waals surface area contributed by atoms with Crippen LogP contribution >= 0.6 is 0 Å². The molecule has 126 valence electrons. The van der Waals surface area contributed by atoms with Crippen LogP contribution in [-0.2, 0) is 9.59 Å². The lowest BCUT2D eigenvalue weighted by Crippen LogP contribution is -2.41. The minimum atomic E-state index is -0.207. The van der Waals surface area contributed by atoms with Gasteiger partial charge in [0.15, 0.2) is 0 Å². The van der Waals surface area contributed by atoms with Gasteiger partial charge in [0.2, 0.25) is 11.8 Å². The highest BCUT2D eigenvalue weighted by Crippen LogP contribution is 2.24. The normalized spacial score (nSPS) is 20.4. The van der Waals surface area contributed by atoms with Gasteiger partial charge in [0.05, 0.1) is 6.07 Å². The summed E-state index contributed by atoms with van der Waals surface area (Å²) in [4.78, 5) is 25.4. The Balaban J connectivity index is 1.67. The fraction of sp³-hybridized carbons (Fsp3) is 0.722. The van der Waals surface area contributed by atoms with Crippen LogP contribution in [0, 0.1) is 23.2 Å². The maximum atomic E-state index is 12.2. The Bertz CT molecular complexity index is 467. The van der Waals surface area contributed by atoms with Crippen molar-refractivity contribution in [2.75, 3.05) is 19.6 Å². The molecule has 0 unspecified atom stereocenters. The highest BCUT2D eigenvalue weighted by Gasteiger charge is 2.22. The van der Waals surface area contributed by atoms with E-state index in [2.05, 4.69) is 11.4 Å². The molecule has 2 aliphatic rings. The molecule has 2 amide bonds. The molecule has 0 aromatic rings. The number of carbonyl (C=O) groups excluding carboxylic acids is 2. The molecule has 0 spiro atoms. The molecule has 0 bridgehead atoms. The maximum Gasteiger partial charge on any atom is 0.246 e. The molecule has 23 heavy (non-hydrogen) atoms. The zero-order valence-electron chi connectivity index (χ0n) is 13.8. The van der Waals surface area contributed by atoms with Crippen LogP contribution in [0.25, 0.3) is 0 Å². The summed E-state index contributed by atoms with van der Waals surface area (Å²) < 4.78 is 0. The second kappa shape index (κ2) is 9.34. The molecule has 0 aromatic heterocycles. The van der Waals surface area contributed by atoms with Crippen molar-refractivity contribution in [3.63, 3.8) is 0 Å². The molecule has 5 heteroatoms. The largest absolute Gasteiger partial charge is 0.355 e. The molecular formula is C18H27N3O2. The number of piperidine rings is 1. The van der Waals surface area contributed by atoms with Gasteiger partial charge in [0, 0.05) is 19.6 Å². The van der Waals surface area contributed by atoms with Crippen molar-refractivity contribution >= 4 is 11.8 Å². The Morgan fingerprint density at radius 2 is 1.83 bits per heavy atom. The minimum absolute atomic E-state index is 0.0801. The predicted octanol–water partition coefficient (Wildman–Crippen LogP) is 2.39. The van der Waals surface area contributed by atoms with Gasteiger partial charge in [-0.15, -0.1) is 0 Å². The number of hydrogen-bond donors (Lipinski definition) is 1. The van der Waals surface area contributed by atoms with E-state index in [1.807, 2.05) is 11.0 Å². The highest BCUT2D eigenvalue weighted by atomic mass is 16.2. The monoisotopic (exact) mass is 317 g/mol. The SMILES string of the molecule is N#CCC(=O)NCC1CCN(C(=O)/C=C/C2CCCCC2)CC1. The Kier molecular flexibility index (Phi) is 7.12. The van der Waals surface area contributed by atoms with Crippen LogP contribution < -0.4 is 5.32 Å². The molecule has 1 saturated heterocycles. The van der Waals surface area contributed by atoms with E-state index in [0.717, 1.165) is 25.9 Å². The van der Waals surface area contributed by atoms with Crippen molar-refractivity contribution in [1.82, 2.24) is 10.2 Å². The molecule has 5 nitrogen and oxygen atoms in total. The number of nitrogens with one attached hydrogen (secondary N) is 1. The van der Waals surface area contributed by atoms with E-state index in [1.165, 1.54) is 32.1 Å². The third-order valence-corrected chi connectivity index (χ3v) is 4.91. The number of hydrogen-bond acceptors (Lipinski definition) is 3. The van der Waals surface area contributed by atoms with Crippen molar-refractivity contribution in [2.45, 2.75) is 51.4 Å². The molecular weight excluding hydrogens is 290 g/mol. The quantitative estimate of drug-likeness (QED) is 0.791. The molecule has 2 fully saturated rings. The van der Waals surface area contributed by atoms with Crippen molar-refractivity contribution in [3.8, 4) is 6.07 Å².